The van der Waals surface area contributed by atoms with Crippen molar-refractivity contribution in [2.24, 2.45) is 5.92 Å². The molecule has 0 heterocycles. The standard InChI is InChI=1S/C19H39ClS2/c1-6-8-10-12-14-17(13-11-9-7-2)18(15-16-20)21-22-19(3,4)5/h17-18H,6-16H2,1-5H3. The Morgan fingerprint density at radius 2 is 1.36 bits per heavy atom. The molecule has 0 bridgehead atoms. The van der Waals surface area contributed by atoms with Gasteiger partial charge in [0, 0.05) is 15.9 Å². The van der Waals surface area contributed by atoms with Crippen LogP contribution in [0.3, 0.4) is 0 Å². The van der Waals surface area contributed by atoms with E-state index >= 15 is 0 Å². The van der Waals surface area contributed by atoms with Crippen LogP contribution in [0, 0.1) is 5.92 Å². The topological polar surface area (TPSA) is 0 Å². The second kappa shape index (κ2) is 14.3. The molecule has 0 spiro atoms. The van der Waals surface area contributed by atoms with E-state index in [-0.39, 0.29) is 0 Å². The van der Waals surface area contributed by atoms with Crippen LogP contribution < -0.4 is 0 Å². The van der Waals surface area contributed by atoms with E-state index in [9.17, 15) is 0 Å². The quantitative estimate of drug-likeness (QED) is 0.172. The van der Waals surface area contributed by atoms with Gasteiger partial charge >= 0.3 is 0 Å². The third-order valence-electron chi connectivity index (χ3n) is 3.95. The van der Waals surface area contributed by atoms with E-state index in [1.165, 1.54) is 64.2 Å². The lowest BCUT2D eigenvalue weighted by atomic mass is 9.90. The van der Waals surface area contributed by atoms with E-state index in [4.69, 9.17) is 11.6 Å². The van der Waals surface area contributed by atoms with Gasteiger partial charge in [-0.15, -0.1) is 11.6 Å². The maximum absolute atomic E-state index is 6.11. The SMILES string of the molecule is CCCCCCC(CCCCC)C(CCCl)SSC(C)(C)C. The predicted molar refractivity (Wildman–Crippen MR) is 110 cm³/mol. The lowest BCUT2D eigenvalue weighted by molar-refractivity contribution is 0.392. The summed E-state index contributed by atoms with van der Waals surface area (Å²) in [6.07, 6.45) is 13.6. The van der Waals surface area contributed by atoms with E-state index in [2.05, 4.69) is 56.2 Å². The Hall–Kier alpha value is 0.990. The van der Waals surface area contributed by atoms with Gasteiger partial charge in [0.25, 0.3) is 0 Å². The van der Waals surface area contributed by atoms with Crippen molar-refractivity contribution < 1.29 is 0 Å². The van der Waals surface area contributed by atoms with Gasteiger partial charge in [0.1, 0.15) is 0 Å². The number of hydrogen-bond acceptors (Lipinski definition) is 2. The summed E-state index contributed by atoms with van der Waals surface area (Å²) in [4.78, 5) is 0. The highest BCUT2D eigenvalue weighted by molar-refractivity contribution is 8.77. The lowest BCUT2D eigenvalue weighted by Gasteiger charge is -2.29. The van der Waals surface area contributed by atoms with Gasteiger partial charge in [-0.25, -0.2) is 0 Å². The van der Waals surface area contributed by atoms with Gasteiger partial charge in [-0.05, 0) is 25.2 Å². The first-order valence-electron chi connectivity index (χ1n) is 9.35. The zero-order valence-corrected chi connectivity index (χ0v) is 18.0. The molecule has 0 aromatic carbocycles. The van der Waals surface area contributed by atoms with Crippen molar-refractivity contribution in [3.63, 3.8) is 0 Å². The van der Waals surface area contributed by atoms with Gasteiger partial charge in [0.15, 0.2) is 0 Å². The van der Waals surface area contributed by atoms with Crippen molar-refractivity contribution in [3.05, 3.63) is 0 Å². The van der Waals surface area contributed by atoms with Crippen LogP contribution in [-0.4, -0.2) is 15.9 Å². The molecule has 3 heteroatoms. The van der Waals surface area contributed by atoms with Gasteiger partial charge in [-0.2, -0.15) is 0 Å². The first kappa shape index (κ1) is 23.0. The third-order valence-corrected chi connectivity index (χ3v) is 8.16. The second-order valence-corrected chi connectivity index (χ2v) is 11.1. The molecule has 0 aromatic heterocycles. The number of halogens is 1. The van der Waals surface area contributed by atoms with Crippen LogP contribution in [0.15, 0.2) is 0 Å². The molecule has 0 aliphatic carbocycles. The van der Waals surface area contributed by atoms with E-state index in [0.717, 1.165) is 17.0 Å². The van der Waals surface area contributed by atoms with Crippen LogP contribution >= 0.6 is 33.2 Å². The minimum Gasteiger partial charge on any atom is -0.127 e. The fraction of sp³-hybridized carbons (Fsp3) is 1.00. The molecular weight excluding hydrogens is 328 g/mol. The minimum atomic E-state index is 0.339. The number of unbranched alkanes of at least 4 members (excludes halogenated alkanes) is 5. The molecule has 134 valence electrons. The third kappa shape index (κ3) is 13.4. The first-order chi connectivity index (χ1) is 10.4. The molecule has 0 rings (SSSR count). The van der Waals surface area contributed by atoms with Crippen LogP contribution in [0.25, 0.3) is 0 Å². The average Bonchev–Trinajstić information content (AvgIpc) is 2.45. The van der Waals surface area contributed by atoms with E-state index in [1.807, 2.05) is 0 Å². The van der Waals surface area contributed by atoms with Crippen molar-refractivity contribution in [2.75, 3.05) is 5.88 Å². The highest BCUT2D eigenvalue weighted by Crippen LogP contribution is 2.43. The van der Waals surface area contributed by atoms with Gasteiger partial charge in [-0.1, -0.05) is 101 Å². The number of alkyl halides is 1. The average molecular weight is 367 g/mol. The molecule has 0 nitrogen and oxygen atoms in total. The van der Waals surface area contributed by atoms with Crippen LogP contribution in [0.1, 0.15) is 98.8 Å². The van der Waals surface area contributed by atoms with Crippen LogP contribution in [-0.2, 0) is 0 Å². The molecule has 0 fully saturated rings. The summed E-state index contributed by atoms with van der Waals surface area (Å²) in [6.45, 7) is 11.5. The monoisotopic (exact) mass is 366 g/mol. The molecule has 0 amide bonds. The van der Waals surface area contributed by atoms with E-state index < -0.39 is 0 Å². The maximum atomic E-state index is 6.11. The van der Waals surface area contributed by atoms with Crippen LogP contribution in [0.5, 0.6) is 0 Å². The van der Waals surface area contributed by atoms with Gasteiger partial charge in [-0.3, -0.25) is 0 Å². The summed E-state index contributed by atoms with van der Waals surface area (Å²) in [7, 11) is 4.17. The van der Waals surface area contributed by atoms with Crippen molar-refractivity contribution >= 4 is 33.2 Å². The molecule has 0 N–H and O–H groups in total. The maximum Gasteiger partial charge on any atom is 0.0234 e. The van der Waals surface area contributed by atoms with Gasteiger partial charge in [0.05, 0.1) is 0 Å². The summed E-state index contributed by atoms with van der Waals surface area (Å²) < 4.78 is 0.339. The minimum absolute atomic E-state index is 0.339. The second-order valence-electron chi connectivity index (χ2n) is 7.41. The lowest BCUT2D eigenvalue weighted by Crippen LogP contribution is -2.19. The number of rotatable bonds is 14. The van der Waals surface area contributed by atoms with Crippen molar-refractivity contribution in [1.82, 2.24) is 0 Å². The summed E-state index contributed by atoms with van der Waals surface area (Å²) in [5.41, 5.74) is 0. The Labute approximate surface area is 153 Å². The normalized spacial score (nSPS) is 15.0. The Balaban J connectivity index is 4.48. The first-order valence-corrected chi connectivity index (χ1v) is 12.1. The molecule has 2 unspecified atom stereocenters. The highest BCUT2D eigenvalue weighted by Gasteiger charge is 2.24. The summed E-state index contributed by atoms with van der Waals surface area (Å²) in [5, 5.41) is 0.736. The van der Waals surface area contributed by atoms with Crippen LogP contribution in [0.4, 0.5) is 0 Å². The molecule has 0 saturated heterocycles. The van der Waals surface area contributed by atoms with E-state index in [1.54, 1.807) is 0 Å². The zero-order chi connectivity index (χ0) is 16.8. The Morgan fingerprint density at radius 3 is 1.86 bits per heavy atom. The van der Waals surface area contributed by atoms with Crippen LogP contribution in [0.2, 0.25) is 0 Å². The zero-order valence-electron chi connectivity index (χ0n) is 15.6. The molecule has 0 aromatic rings. The molecule has 0 saturated carbocycles. The highest BCUT2D eigenvalue weighted by atomic mass is 35.5. The molecule has 22 heavy (non-hydrogen) atoms. The molecule has 0 aliphatic heterocycles. The van der Waals surface area contributed by atoms with Gasteiger partial charge < -0.3 is 0 Å². The Bertz CT molecular complexity index is 238. The van der Waals surface area contributed by atoms with Crippen molar-refractivity contribution in [1.29, 1.82) is 0 Å². The fourth-order valence-corrected chi connectivity index (χ4v) is 6.10. The van der Waals surface area contributed by atoms with Gasteiger partial charge in [0.2, 0.25) is 0 Å². The smallest absolute Gasteiger partial charge is 0.0234 e. The molecule has 0 aliphatic rings. The molecule has 0 radical (unpaired) electrons. The molecule has 2 atom stereocenters. The van der Waals surface area contributed by atoms with Crippen molar-refractivity contribution in [3.8, 4) is 0 Å². The summed E-state index contributed by atoms with van der Waals surface area (Å²) >= 11 is 6.11. The summed E-state index contributed by atoms with van der Waals surface area (Å²) in [5.74, 6) is 1.67. The summed E-state index contributed by atoms with van der Waals surface area (Å²) in [6, 6.07) is 0. The fourth-order valence-electron chi connectivity index (χ4n) is 2.68. The largest absolute Gasteiger partial charge is 0.127 e. The predicted octanol–water partition coefficient (Wildman–Crippen LogP) is 8.33. The van der Waals surface area contributed by atoms with Crippen molar-refractivity contribution in [2.45, 2.75) is 109 Å². The van der Waals surface area contributed by atoms with E-state index in [0.29, 0.717) is 4.75 Å². The Morgan fingerprint density at radius 1 is 0.818 bits per heavy atom. The Kier molecular flexibility index (Phi) is 15.0. The number of hydrogen-bond donors (Lipinski definition) is 0. The molecular formula is C19H39ClS2.